The minimum absolute atomic E-state index is 0.0423. The van der Waals surface area contributed by atoms with Crippen LogP contribution in [0.1, 0.15) is 21.5 Å². The predicted molar refractivity (Wildman–Crippen MR) is 83.9 cm³/mol. The van der Waals surface area contributed by atoms with Gasteiger partial charge in [0.1, 0.15) is 5.75 Å². The molecule has 0 unspecified atom stereocenters. The number of rotatable bonds is 3. The van der Waals surface area contributed by atoms with Crippen LogP contribution in [0.2, 0.25) is 0 Å². The lowest BCUT2D eigenvalue weighted by Gasteiger charge is -2.06. The second-order valence-corrected chi connectivity index (χ2v) is 5.02. The number of ether oxygens (including phenoxy) is 1. The number of fused-ring (bicyclic) bond motifs is 1. The van der Waals surface area contributed by atoms with Gasteiger partial charge in [-0.15, -0.1) is 0 Å². The van der Waals surface area contributed by atoms with Gasteiger partial charge in [0, 0.05) is 33.9 Å². The Balaban J connectivity index is 2.15. The van der Waals surface area contributed by atoms with Gasteiger partial charge >= 0.3 is 0 Å². The lowest BCUT2D eigenvalue weighted by molar-refractivity contribution is 0.104. The third kappa shape index (κ3) is 2.25. The summed E-state index contributed by atoms with van der Waals surface area (Å²) < 4.78 is 5.23. The Morgan fingerprint density at radius 1 is 1.14 bits per heavy atom. The molecule has 2 aromatic carbocycles. The van der Waals surface area contributed by atoms with Crippen LogP contribution in [0, 0.1) is 6.92 Å². The lowest BCUT2D eigenvalue weighted by Crippen LogP contribution is -2.04. The van der Waals surface area contributed by atoms with E-state index in [1.165, 1.54) is 0 Å². The van der Waals surface area contributed by atoms with Crippen LogP contribution >= 0.6 is 0 Å². The normalized spacial score (nSPS) is 10.8. The van der Waals surface area contributed by atoms with Gasteiger partial charge < -0.3 is 15.5 Å². The minimum Gasteiger partial charge on any atom is -0.497 e. The first-order chi connectivity index (χ1) is 10.1. The van der Waals surface area contributed by atoms with Crippen LogP contribution in [0.15, 0.2) is 42.6 Å². The molecule has 4 nitrogen and oxygen atoms in total. The molecule has 3 aromatic rings. The van der Waals surface area contributed by atoms with Gasteiger partial charge in [-0.05, 0) is 42.8 Å². The van der Waals surface area contributed by atoms with Crippen molar-refractivity contribution in [2.24, 2.45) is 0 Å². The Labute approximate surface area is 122 Å². The Kier molecular flexibility index (Phi) is 3.14. The summed E-state index contributed by atoms with van der Waals surface area (Å²) in [4.78, 5) is 15.9. The molecule has 0 saturated heterocycles. The number of nitrogens with two attached hydrogens (primary N) is 1. The van der Waals surface area contributed by atoms with Gasteiger partial charge in [0.05, 0.1) is 7.11 Å². The average Bonchev–Trinajstić information content (AvgIpc) is 2.91. The summed E-state index contributed by atoms with van der Waals surface area (Å²) in [5.41, 5.74) is 9.44. The largest absolute Gasteiger partial charge is 0.497 e. The number of hydrogen-bond acceptors (Lipinski definition) is 3. The summed E-state index contributed by atoms with van der Waals surface area (Å²) in [7, 11) is 1.61. The maximum atomic E-state index is 12.8. The summed E-state index contributed by atoms with van der Waals surface area (Å²) in [5.74, 6) is 0.680. The molecule has 21 heavy (non-hydrogen) atoms. The predicted octanol–water partition coefficient (Wildman–Crippen LogP) is 3.30. The van der Waals surface area contributed by atoms with Crippen LogP contribution < -0.4 is 10.5 Å². The van der Waals surface area contributed by atoms with E-state index in [2.05, 4.69) is 4.98 Å². The first kappa shape index (κ1) is 13.2. The molecule has 0 bridgehead atoms. The highest BCUT2D eigenvalue weighted by atomic mass is 16.5. The van der Waals surface area contributed by atoms with Crippen molar-refractivity contribution in [3.05, 3.63) is 59.3 Å². The number of anilines is 1. The number of H-pyrrole nitrogens is 1. The molecule has 0 aliphatic rings. The van der Waals surface area contributed by atoms with Gasteiger partial charge in [-0.3, -0.25) is 4.79 Å². The maximum Gasteiger partial charge on any atom is 0.195 e. The molecule has 1 heterocycles. The van der Waals surface area contributed by atoms with Crippen molar-refractivity contribution in [3.8, 4) is 5.75 Å². The van der Waals surface area contributed by atoms with Gasteiger partial charge in [-0.2, -0.15) is 0 Å². The van der Waals surface area contributed by atoms with Crippen LogP contribution in [-0.2, 0) is 0 Å². The molecule has 0 saturated carbocycles. The fourth-order valence-corrected chi connectivity index (χ4v) is 2.44. The second kappa shape index (κ2) is 4.98. The Bertz CT molecular complexity index is 834. The Hall–Kier alpha value is -2.75. The first-order valence-electron chi connectivity index (χ1n) is 6.66. The smallest absolute Gasteiger partial charge is 0.195 e. The number of aryl methyl sites for hydroxylation is 1. The minimum atomic E-state index is -0.0423. The topological polar surface area (TPSA) is 68.1 Å². The molecule has 4 heteroatoms. The fourth-order valence-electron chi connectivity index (χ4n) is 2.44. The number of carbonyl (C=O) groups is 1. The number of aromatic nitrogens is 1. The quantitative estimate of drug-likeness (QED) is 0.571. The molecule has 106 valence electrons. The summed E-state index contributed by atoms with van der Waals surface area (Å²) >= 11 is 0. The molecule has 3 N–H and O–H groups in total. The summed E-state index contributed by atoms with van der Waals surface area (Å²) in [6.07, 6.45) is 1.73. The maximum absolute atomic E-state index is 12.8. The van der Waals surface area contributed by atoms with Crippen LogP contribution in [0.25, 0.3) is 10.9 Å². The van der Waals surface area contributed by atoms with Gasteiger partial charge in [0.15, 0.2) is 5.78 Å². The number of methoxy groups -OCH3 is 1. The number of hydrogen-bond donors (Lipinski definition) is 2. The van der Waals surface area contributed by atoms with E-state index in [4.69, 9.17) is 10.5 Å². The highest BCUT2D eigenvalue weighted by Crippen LogP contribution is 2.26. The Morgan fingerprint density at radius 2 is 1.95 bits per heavy atom. The van der Waals surface area contributed by atoms with E-state index in [0.29, 0.717) is 16.8 Å². The number of ketones is 1. The van der Waals surface area contributed by atoms with Crippen LogP contribution in [0.4, 0.5) is 5.69 Å². The number of nitrogens with one attached hydrogen (secondary N) is 1. The van der Waals surface area contributed by atoms with E-state index in [0.717, 1.165) is 22.2 Å². The van der Waals surface area contributed by atoms with Crippen molar-refractivity contribution < 1.29 is 9.53 Å². The third-order valence-electron chi connectivity index (χ3n) is 3.64. The molecule has 0 aliphatic carbocycles. The van der Waals surface area contributed by atoms with Gasteiger partial charge in [-0.25, -0.2) is 0 Å². The standard InChI is InChI=1S/C17H16N2O2/c1-10-3-4-11(18)7-13(10)17(20)15-9-19-16-6-5-12(21-2)8-14(15)16/h3-9,19H,18H2,1-2H3. The number of carbonyl (C=O) groups excluding carboxylic acids is 1. The lowest BCUT2D eigenvalue weighted by atomic mass is 9.98. The number of benzene rings is 2. The van der Waals surface area contributed by atoms with E-state index in [1.807, 2.05) is 31.2 Å². The van der Waals surface area contributed by atoms with Crippen molar-refractivity contribution in [2.75, 3.05) is 12.8 Å². The van der Waals surface area contributed by atoms with E-state index in [1.54, 1.807) is 25.4 Å². The van der Waals surface area contributed by atoms with Crippen LogP contribution in [0.5, 0.6) is 5.75 Å². The molecule has 0 aliphatic heterocycles. The van der Waals surface area contributed by atoms with Gasteiger partial charge in [0.25, 0.3) is 0 Å². The number of aromatic amines is 1. The molecule has 0 radical (unpaired) electrons. The molecule has 0 atom stereocenters. The van der Waals surface area contributed by atoms with E-state index in [9.17, 15) is 4.79 Å². The molecule has 0 amide bonds. The summed E-state index contributed by atoms with van der Waals surface area (Å²) in [6, 6.07) is 11.0. The SMILES string of the molecule is COc1ccc2[nH]cc(C(=O)c3cc(N)ccc3C)c2c1. The zero-order valence-corrected chi connectivity index (χ0v) is 11.9. The molecule has 0 spiro atoms. The van der Waals surface area contributed by atoms with Crippen molar-refractivity contribution in [3.63, 3.8) is 0 Å². The second-order valence-electron chi connectivity index (χ2n) is 5.02. The van der Waals surface area contributed by atoms with Crippen molar-refractivity contribution in [1.29, 1.82) is 0 Å². The van der Waals surface area contributed by atoms with Gasteiger partial charge in [0.2, 0.25) is 0 Å². The zero-order chi connectivity index (χ0) is 15.0. The molecule has 3 rings (SSSR count). The average molecular weight is 280 g/mol. The van der Waals surface area contributed by atoms with E-state index < -0.39 is 0 Å². The fraction of sp³-hybridized carbons (Fsp3) is 0.118. The highest BCUT2D eigenvalue weighted by molar-refractivity contribution is 6.17. The highest BCUT2D eigenvalue weighted by Gasteiger charge is 2.16. The van der Waals surface area contributed by atoms with Crippen molar-refractivity contribution in [2.45, 2.75) is 6.92 Å². The molecule has 1 aromatic heterocycles. The summed E-state index contributed by atoms with van der Waals surface area (Å²) in [5, 5.41) is 0.848. The Morgan fingerprint density at radius 3 is 2.71 bits per heavy atom. The summed E-state index contributed by atoms with van der Waals surface area (Å²) in [6.45, 7) is 1.90. The van der Waals surface area contributed by atoms with Crippen molar-refractivity contribution >= 4 is 22.4 Å². The monoisotopic (exact) mass is 280 g/mol. The van der Waals surface area contributed by atoms with Gasteiger partial charge in [-0.1, -0.05) is 6.07 Å². The van der Waals surface area contributed by atoms with E-state index in [-0.39, 0.29) is 5.78 Å². The zero-order valence-electron chi connectivity index (χ0n) is 11.9. The molecular formula is C17H16N2O2. The van der Waals surface area contributed by atoms with Crippen molar-refractivity contribution in [1.82, 2.24) is 4.98 Å². The first-order valence-corrected chi connectivity index (χ1v) is 6.66. The van der Waals surface area contributed by atoms with Crippen LogP contribution in [0.3, 0.4) is 0 Å². The molecular weight excluding hydrogens is 264 g/mol. The number of nitrogen functional groups attached to an aromatic ring is 1. The van der Waals surface area contributed by atoms with E-state index >= 15 is 0 Å². The van der Waals surface area contributed by atoms with Crippen LogP contribution in [-0.4, -0.2) is 17.9 Å². The third-order valence-corrected chi connectivity index (χ3v) is 3.64. The molecule has 0 fully saturated rings.